The summed E-state index contributed by atoms with van der Waals surface area (Å²) in [6, 6.07) is 15.4. The maximum absolute atomic E-state index is 12.2. The van der Waals surface area contributed by atoms with E-state index in [0.29, 0.717) is 5.02 Å². The van der Waals surface area contributed by atoms with Gasteiger partial charge in [0.1, 0.15) is 0 Å². The number of hydrogen-bond donors (Lipinski definition) is 0. The van der Waals surface area contributed by atoms with Crippen LogP contribution in [0.5, 0.6) is 0 Å². The maximum Gasteiger partial charge on any atom is 0.170 e. The van der Waals surface area contributed by atoms with Crippen molar-refractivity contribution >= 4 is 17.4 Å². The number of fused-ring (bicyclic) bond motifs is 1. The predicted molar refractivity (Wildman–Crippen MR) is 68.7 cm³/mol. The molecule has 0 unspecified atom stereocenters. The molecule has 2 heteroatoms. The van der Waals surface area contributed by atoms with Gasteiger partial charge in [0.2, 0.25) is 0 Å². The van der Waals surface area contributed by atoms with E-state index in [1.54, 1.807) is 0 Å². The van der Waals surface area contributed by atoms with Crippen LogP contribution in [0.15, 0.2) is 48.5 Å². The quantitative estimate of drug-likeness (QED) is 0.742. The van der Waals surface area contributed by atoms with Crippen molar-refractivity contribution in [3.8, 4) is 0 Å². The fourth-order valence-electron chi connectivity index (χ4n) is 2.40. The summed E-state index contributed by atoms with van der Waals surface area (Å²) in [4.78, 5) is 12.2. The molecule has 0 aliphatic heterocycles. The molecule has 3 rings (SSSR count). The Bertz CT molecular complexity index is 572. The van der Waals surface area contributed by atoms with Crippen molar-refractivity contribution in [2.24, 2.45) is 0 Å². The molecule has 1 aliphatic carbocycles. The minimum atomic E-state index is -0.0373. The van der Waals surface area contributed by atoms with Crippen LogP contribution in [0.2, 0.25) is 5.02 Å². The van der Waals surface area contributed by atoms with Gasteiger partial charge in [0.05, 0.1) is 5.92 Å². The number of halogens is 1. The molecule has 0 saturated heterocycles. The third kappa shape index (κ3) is 1.77. The highest BCUT2D eigenvalue weighted by Gasteiger charge is 2.30. The fourth-order valence-corrected chi connectivity index (χ4v) is 2.53. The zero-order valence-electron chi connectivity index (χ0n) is 9.19. The van der Waals surface area contributed by atoms with Crippen molar-refractivity contribution < 1.29 is 4.79 Å². The lowest BCUT2D eigenvalue weighted by atomic mass is 9.95. The molecule has 0 aromatic heterocycles. The minimum absolute atomic E-state index is 0.0373. The lowest BCUT2D eigenvalue weighted by Crippen LogP contribution is -2.06. The fraction of sp³-hybridized carbons (Fsp3) is 0.133. The number of carbonyl (C=O) groups excluding carboxylic acids is 1. The van der Waals surface area contributed by atoms with Crippen LogP contribution >= 0.6 is 11.6 Å². The molecule has 84 valence electrons. The Morgan fingerprint density at radius 1 is 1.00 bits per heavy atom. The summed E-state index contributed by atoms with van der Waals surface area (Å²) in [5.74, 6) is 0.188. The second-order valence-corrected chi connectivity index (χ2v) is 4.77. The third-order valence-electron chi connectivity index (χ3n) is 3.30. The zero-order valence-corrected chi connectivity index (χ0v) is 9.95. The topological polar surface area (TPSA) is 17.1 Å². The second-order valence-electron chi connectivity index (χ2n) is 4.33. The third-order valence-corrected chi connectivity index (χ3v) is 3.55. The van der Waals surface area contributed by atoms with Gasteiger partial charge in [0.15, 0.2) is 5.78 Å². The molecule has 0 heterocycles. The van der Waals surface area contributed by atoms with E-state index in [1.807, 2.05) is 48.5 Å². The Hall–Kier alpha value is -1.60. The van der Waals surface area contributed by atoms with Gasteiger partial charge in [-0.3, -0.25) is 4.79 Å². The summed E-state index contributed by atoms with van der Waals surface area (Å²) in [5, 5.41) is 0.705. The second kappa shape index (κ2) is 4.01. The highest BCUT2D eigenvalue weighted by Crippen LogP contribution is 2.34. The molecule has 17 heavy (non-hydrogen) atoms. The molecule has 0 bridgehead atoms. The number of carbonyl (C=O) groups is 1. The van der Waals surface area contributed by atoms with E-state index in [4.69, 9.17) is 11.6 Å². The largest absolute Gasteiger partial charge is 0.293 e. The molecule has 2 aromatic carbocycles. The van der Waals surface area contributed by atoms with Gasteiger partial charge in [-0.2, -0.15) is 0 Å². The summed E-state index contributed by atoms with van der Waals surface area (Å²) in [5.41, 5.74) is 3.07. The van der Waals surface area contributed by atoms with Crippen molar-refractivity contribution in [1.82, 2.24) is 0 Å². The van der Waals surface area contributed by atoms with E-state index >= 15 is 0 Å². The molecule has 0 spiro atoms. The smallest absolute Gasteiger partial charge is 0.170 e. The molecule has 2 aromatic rings. The maximum atomic E-state index is 12.2. The monoisotopic (exact) mass is 242 g/mol. The normalized spacial score (nSPS) is 18.2. The highest BCUT2D eigenvalue weighted by atomic mass is 35.5. The average Bonchev–Trinajstić information content (AvgIpc) is 2.69. The first-order valence-corrected chi connectivity index (χ1v) is 6.01. The van der Waals surface area contributed by atoms with Crippen LogP contribution < -0.4 is 0 Å². The first-order valence-electron chi connectivity index (χ1n) is 5.63. The molecular weight excluding hydrogens is 232 g/mol. The van der Waals surface area contributed by atoms with Gasteiger partial charge in [-0.15, -0.1) is 0 Å². The zero-order chi connectivity index (χ0) is 11.8. The molecule has 0 fully saturated rings. The van der Waals surface area contributed by atoms with Crippen molar-refractivity contribution in [2.45, 2.75) is 12.3 Å². The summed E-state index contributed by atoms with van der Waals surface area (Å²) < 4.78 is 0. The summed E-state index contributed by atoms with van der Waals surface area (Å²) in [7, 11) is 0. The lowest BCUT2D eigenvalue weighted by molar-refractivity contribution is 0.0973. The minimum Gasteiger partial charge on any atom is -0.293 e. The van der Waals surface area contributed by atoms with E-state index in [0.717, 1.165) is 23.1 Å². The van der Waals surface area contributed by atoms with Gasteiger partial charge in [0.25, 0.3) is 0 Å². The molecular formula is C15H11ClO. The Labute approximate surface area is 105 Å². The lowest BCUT2D eigenvalue weighted by Gasteiger charge is -2.07. The SMILES string of the molecule is O=C1c2ccccc2C[C@@H]1c1ccc(Cl)cc1. The number of Topliss-reactive ketones (excluding diaryl/α,β-unsaturated/α-hetero) is 1. The first kappa shape index (κ1) is 10.5. The van der Waals surface area contributed by atoms with E-state index < -0.39 is 0 Å². The van der Waals surface area contributed by atoms with Crippen LogP contribution in [0.1, 0.15) is 27.4 Å². The number of rotatable bonds is 1. The average molecular weight is 243 g/mol. The van der Waals surface area contributed by atoms with Gasteiger partial charge in [0, 0.05) is 10.6 Å². The molecule has 1 aliphatic rings. The molecule has 0 radical (unpaired) electrons. The van der Waals surface area contributed by atoms with E-state index in [1.165, 1.54) is 0 Å². The van der Waals surface area contributed by atoms with Crippen molar-refractivity contribution in [3.63, 3.8) is 0 Å². The Morgan fingerprint density at radius 3 is 2.41 bits per heavy atom. The van der Waals surface area contributed by atoms with Crippen LogP contribution in [0, 0.1) is 0 Å². The summed E-state index contributed by atoms with van der Waals surface area (Å²) >= 11 is 5.86. The van der Waals surface area contributed by atoms with E-state index in [2.05, 4.69) is 0 Å². The molecule has 0 amide bonds. The van der Waals surface area contributed by atoms with Crippen LogP contribution in [0.4, 0.5) is 0 Å². The standard InChI is InChI=1S/C15H11ClO/c16-12-7-5-10(6-8-12)14-9-11-3-1-2-4-13(11)15(14)17/h1-8,14H,9H2/t14-/m1/s1. The van der Waals surface area contributed by atoms with Gasteiger partial charge in [-0.25, -0.2) is 0 Å². The van der Waals surface area contributed by atoms with E-state index in [-0.39, 0.29) is 11.7 Å². The molecule has 0 saturated carbocycles. The Balaban J connectivity index is 1.99. The molecule has 1 atom stereocenters. The van der Waals surface area contributed by atoms with Crippen LogP contribution in [0.25, 0.3) is 0 Å². The van der Waals surface area contributed by atoms with Gasteiger partial charge < -0.3 is 0 Å². The van der Waals surface area contributed by atoms with Crippen molar-refractivity contribution in [2.75, 3.05) is 0 Å². The van der Waals surface area contributed by atoms with E-state index in [9.17, 15) is 4.79 Å². The Kier molecular flexibility index (Phi) is 2.49. The molecule has 1 nitrogen and oxygen atoms in total. The van der Waals surface area contributed by atoms with Crippen molar-refractivity contribution in [3.05, 3.63) is 70.2 Å². The molecule has 0 N–H and O–H groups in total. The number of hydrogen-bond acceptors (Lipinski definition) is 1. The van der Waals surface area contributed by atoms with Crippen LogP contribution in [-0.4, -0.2) is 5.78 Å². The van der Waals surface area contributed by atoms with Crippen LogP contribution in [0.3, 0.4) is 0 Å². The van der Waals surface area contributed by atoms with Crippen LogP contribution in [-0.2, 0) is 6.42 Å². The number of ketones is 1. The Morgan fingerprint density at radius 2 is 1.71 bits per heavy atom. The highest BCUT2D eigenvalue weighted by molar-refractivity contribution is 6.30. The predicted octanol–water partition coefficient (Wildman–Crippen LogP) is 3.86. The van der Waals surface area contributed by atoms with Gasteiger partial charge in [-0.05, 0) is 29.7 Å². The number of benzene rings is 2. The van der Waals surface area contributed by atoms with Gasteiger partial charge >= 0.3 is 0 Å². The summed E-state index contributed by atoms with van der Waals surface area (Å²) in [6.45, 7) is 0. The van der Waals surface area contributed by atoms with Gasteiger partial charge in [-0.1, -0.05) is 48.0 Å². The van der Waals surface area contributed by atoms with Crippen molar-refractivity contribution in [1.29, 1.82) is 0 Å². The summed E-state index contributed by atoms with van der Waals surface area (Å²) in [6.07, 6.45) is 0.802. The first-order chi connectivity index (χ1) is 8.25.